The van der Waals surface area contributed by atoms with Gasteiger partial charge in [0.05, 0.1) is 17.3 Å². The molecule has 0 radical (unpaired) electrons. The van der Waals surface area contributed by atoms with Gasteiger partial charge < -0.3 is 20.1 Å². The van der Waals surface area contributed by atoms with Crippen LogP contribution in [0.3, 0.4) is 0 Å². The van der Waals surface area contributed by atoms with E-state index in [4.69, 9.17) is 16.3 Å². The van der Waals surface area contributed by atoms with Gasteiger partial charge >= 0.3 is 6.18 Å². The molecule has 0 fully saturated rings. The number of rotatable bonds is 5. The van der Waals surface area contributed by atoms with E-state index in [1.54, 1.807) is 25.1 Å². The highest BCUT2D eigenvalue weighted by atomic mass is 35.5. The van der Waals surface area contributed by atoms with Gasteiger partial charge in [0.1, 0.15) is 10.8 Å². The van der Waals surface area contributed by atoms with Gasteiger partial charge in [0.15, 0.2) is 13.2 Å². The van der Waals surface area contributed by atoms with Crippen LogP contribution in [0.25, 0.3) is 0 Å². The number of pyridine rings is 1. The second kappa shape index (κ2) is 8.16. The van der Waals surface area contributed by atoms with Crippen molar-refractivity contribution in [2.75, 3.05) is 18.5 Å². The molecular weight excluding hydrogens is 415 g/mol. The molecule has 0 saturated heterocycles. The molecule has 7 nitrogen and oxygen atoms in total. The van der Waals surface area contributed by atoms with Crippen molar-refractivity contribution in [1.82, 2.24) is 10.3 Å². The van der Waals surface area contributed by atoms with Gasteiger partial charge in [-0.25, -0.2) is 4.98 Å². The molecule has 2 amide bonds. The third kappa shape index (κ3) is 5.29. The zero-order valence-corrected chi connectivity index (χ0v) is 15.7. The van der Waals surface area contributed by atoms with Gasteiger partial charge in [-0.15, -0.1) is 0 Å². The largest absolute Gasteiger partial charge is 0.482 e. The van der Waals surface area contributed by atoms with E-state index in [9.17, 15) is 22.8 Å². The van der Waals surface area contributed by atoms with Crippen molar-refractivity contribution in [1.29, 1.82) is 0 Å². The summed E-state index contributed by atoms with van der Waals surface area (Å²) in [5.74, 6) is -0.705. The number of nitrogens with zero attached hydrogens (tertiary/aromatic N) is 1. The van der Waals surface area contributed by atoms with Crippen molar-refractivity contribution >= 4 is 29.1 Å². The molecule has 0 spiro atoms. The second-order valence-electron chi connectivity index (χ2n) is 6.20. The molecule has 1 atom stereocenters. The highest BCUT2D eigenvalue weighted by Crippen LogP contribution is 2.31. The number of fused-ring (bicyclic) bond motifs is 1. The van der Waals surface area contributed by atoms with Crippen molar-refractivity contribution in [3.8, 4) is 11.6 Å². The lowest BCUT2D eigenvalue weighted by Crippen LogP contribution is -2.28. The van der Waals surface area contributed by atoms with E-state index in [1.807, 2.05) is 0 Å². The summed E-state index contributed by atoms with van der Waals surface area (Å²) < 4.78 is 46.4. The summed E-state index contributed by atoms with van der Waals surface area (Å²) in [6.45, 7) is 0.122. The lowest BCUT2D eigenvalue weighted by atomic mass is 10.1. The number of ether oxygens (including phenoxy) is 2. The first-order chi connectivity index (χ1) is 13.6. The summed E-state index contributed by atoms with van der Waals surface area (Å²) in [6, 6.07) is 5.81. The van der Waals surface area contributed by atoms with E-state index in [2.05, 4.69) is 20.4 Å². The number of anilines is 1. The number of aromatic nitrogens is 1. The topological polar surface area (TPSA) is 89.5 Å². The minimum Gasteiger partial charge on any atom is -0.482 e. The zero-order valence-electron chi connectivity index (χ0n) is 15.0. The third-order valence-electron chi connectivity index (χ3n) is 3.93. The first-order valence-corrected chi connectivity index (χ1v) is 8.73. The molecule has 0 unspecified atom stereocenters. The quantitative estimate of drug-likeness (QED) is 0.759. The first-order valence-electron chi connectivity index (χ1n) is 8.35. The van der Waals surface area contributed by atoms with Gasteiger partial charge in [0, 0.05) is 6.20 Å². The molecule has 1 aliphatic heterocycles. The molecule has 0 saturated carbocycles. The number of halogens is 4. The van der Waals surface area contributed by atoms with Crippen LogP contribution in [0.15, 0.2) is 30.5 Å². The molecule has 2 N–H and O–H groups in total. The maximum Gasteiger partial charge on any atom is 0.422 e. The predicted molar refractivity (Wildman–Crippen MR) is 97.2 cm³/mol. The molecule has 1 aromatic heterocycles. The van der Waals surface area contributed by atoms with E-state index in [0.717, 1.165) is 6.20 Å². The molecule has 0 aliphatic carbocycles. The van der Waals surface area contributed by atoms with Crippen LogP contribution in [-0.2, 0) is 4.79 Å². The fraction of sp³-hybridized carbons (Fsp3) is 0.278. The highest BCUT2D eigenvalue weighted by molar-refractivity contribution is 6.32. The van der Waals surface area contributed by atoms with Crippen LogP contribution < -0.4 is 20.1 Å². The summed E-state index contributed by atoms with van der Waals surface area (Å²) in [4.78, 5) is 27.5. The number of carbonyl (C=O) groups excluding carboxylic acids is 2. The van der Waals surface area contributed by atoms with E-state index >= 15 is 0 Å². The number of benzene rings is 1. The fourth-order valence-electron chi connectivity index (χ4n) is 2.54. The van der Waals surface area contributed by atoms with Crippen LogP contribution in [0.2, 0.25) is 5.02 Å². The predicted octanol–water partition coefficient (Wildman–Crippen LogP) is 3.50. The summed E-state index contributed by atoms with van der Waals surface area (Å²) >= 11 is 5.86. The summed E-state index contributed by atoms with van der Waals surface area (Å²) in [7, 11) is 0. The molecule has 1 aliphatic rings. The number of hydrogen-bond acceptors (Lipinski definition) is 5. The number of alkyl halides is 3. The minimum atomic E-state index is -4.53. The normalized spacial score (nSPS) is 14.3. The number of carbonyl (C=O) groups is 2. The lowest BCUT2D eigenvalue weighted by molar-refractivity contribution is -0.154. The molecule has 1 aromatic carbocycles. The fourth-order valence-corrected chi connectivity index (χ4v) is 2.76. The molecule has 2 aromatic rings. The Bertz CT molecular complexity index is 952. The molecule has 29 heavy (non-hydrogen) atoms. The molecule has 2 heterocycles. The minimum absolute atomic E-state index is 0.0517. The van der Waals surface area contributed by atoms with Crippen molar-refractivity contribution in [2.24, 2.45) is 0 Å². The Morgan fingerprint density at radius 3 is 2.86 bits per heavy atom. The average molecular weight is 430 g/mol. The van der Waals surface area contributed by atoms with Gasteiger partial charge in [-0.05, 0) is 30.7 Å². The smallest absolute Gasteiger partial charge is 0.422 e. The third-order valence-corrected chi connectivity index (χ3v) is 4.20. The SMILES string of the molecule is C[C@@H](NC(=O)c1cnc(OCC(F)(F)F)c(Cl)c1)c1ccc2c(c1)NC(=O)CO2. The van der Waals surface area contributed by atoms with Crippen LogP contribution >= 0.6 is 11.6 Å². The van der Waals surface area contributed by atoms with Gasteiger partial charge in [-0.1, -0.05) is 17.7 Å². The second-order valence-corrected chi connectivity index (χ2v) is 6.61. The monoisotopic (exact) mass is 429 g/mol. The Kier molecular flexibility index (Phi) is 5.83. The van der Waals surface area contributed by atoms with Gasteiger partial charge in [-0.2, -0.15) is 13.2 Å². The van der Waals surface area contributed by atoms with Gasteiger partial charge in [0.2, 0.25) is 5.88 Å². The van der Waals surface area contributed by atoms with Crippen LogP contribution in [0, 0.1) is 0 Å². The molecule has 3 rings (SSSR count). The first kappa shape index (κ1) is 20.7. The zero-order chi connectivity index (χ0) is 21.2. The van der Waals surface area contributed by atoms with Gasteiger partial charge in [-0.3, -0.25) is 9.59 Å². The highest BCUT2D eigenvalue weighted by Gasteiger charge is 2.29. The Balaban J connectivity index is 1.67. The lowest BCUT2D eigenvalue weighted by Gasteiger charge is -2.21. The molecule has 0 bridgehead atoms. The molecule has 11 heteroatoms. The van der Waals surface area contributed by atoms with Gasteiger partial charge in [0.25, 0.3) is 11.8 Å². The average Bonchev–Trinajstić information content (AvgIpc) is 2.65. The maximum atomic E-state index is 12.4. The van der Waals surface area contributed by atoms with Crippen LogP contribution in [-0.4, -0.2) is 36.2 Å². The van der Waals surface area contributed by atoms with Crippen LogP contribution in [0.5, 0.6) is 11.6 Å². The van der Waals surface area contributed by atoms with E-state index in [1.165, 1.54) is 6.07 Å². The van der Waals surface area contributed by atoms with Crippen molar-refractivity contribution < 1.29 is 32.2 Å². The van der Waals surface area contributed by atoms with Crippen LogP contribution in [0.1, 0.15) is 28.9 Å². The Labute approximate surface area is 168 Å². The Hall–Kier alpha value is -3.01. The Morgan fingerprint density at radius 2 is 2.17 bits per heavy atom. The van der Waals surface area contributed by atoms with E-state index < -0.39 is 30.6 Å². The maximum absolute atomic E-state index is 12.4. The summed E-state index contributed by atoms with van der Waals surface area (Å²) in [5, 5.41) is 5.18. The van der Waals surface area contributed by atoms with E-state index in [-0.39, 0.29) is 23.1 Å². The van der Waals surface area contributed by atoms with Crippen molar-refractivity contribution in [2.45, 2.75) is 19.1 Å². The Morgan fingerprint density at radius 1 is 1.41 bits per heavy atom. The standard InChI is InChI=1S/C18H15ClF3N3O4/c1-9(10-2-3-14-13(5-10)25-15(26)7-28-14)24-16(27)11-4-12(19)17(23-6-11)29-8-18(20,21)22/h2-6,9H,7-8H2,1H3,(H,24,27)(H,25,26)/t9-/m1/s1. The molecular formula is C18H15ClF3N3O4. The van der Waals surface area contributed by atoms with Crippen LogP contribution in [0.4, 0.5) is 18.9 Å². The molecule has 154 valence electrons. The number of amides is 2. The van der Waals surface area contributed by atoms with Crippen molar-refractivity contribution in [3.63, 3.8) is 0 Å². The van der Waals surface area contributed by atoms with Crippen molar-refractivity contribution in [3.05, 3.63) is 46.6 Å². The number of nitrogens with one attached hydrogen (secondary N) is 2. The number of hydrogen-bond donors (Lipinski definition) is 2. The summed E-state index contributed by atoms with van der Waals surface area (Å²) in [5.41, 5.74) is 1.25. The summed E-state index contributed by atoms with van der Waals surface area (Å²) in [6.07, 6.45) is -3.46. The van der Waals surface area contributed by atoms with E-state index in [0.29, 0.717) is 17.0 Å².